The van der Waals surface area contributed by atoms with E-state index in [-0.39, 0.29) is 5.69 Å². The monoisotopic (exact) mass is 282 g/mol. The van der Waals surface area contributed by atoms with Crippen molar-refractivity contribution in [3.05, 3.63) is 41.7 Å². The van der Waals surface area contributed by atoms with Crippen LogP contribution in [-0.2, 0) is 11.3 Å². The van der Waals surface area contributed by atoms with E-state index in [1.165, 1.54) is 0 Å². The van der Waals surface area contributed by atoms with Crippen LogP contribution in [0, 0.1) is 11.6 Å². The highest BCUT2D eigenvalue weighted by molar-refractivity contribution is 6.02. The summed E-state index contributed by atoms with van der Waals surface area (Å²) in [5, 5.41) is 17.4. The summed E-state index contributed by atoms with van der Waals surface area (Å²) in [7, 11) is 0. The molecule has 2 N–H and O–H groups in total. The third-order valence-electron chi connectivity index (χ3n) is 2.27. The van der Waals surface area contributed by atoms with E-state index in [1.807, 2.05) is 5.32 Å². The second kappa shape index (κ2) is 5.43. The smallest absolute Gasteiger partial charge is 0.325 e. The number of amides is 1. The number of carboxylic acids is 1. The Bertz CT molecular complexity index is 651. The van der Waals surface area contributed by atoms with Crippen LogP contribution in [0.1, 0.15) is 10.5 Å². The van der Waals surface area contributed by atoms with Crippen molar-refractivity contribution in [3.8, 4) is 0 Å². The van der Waals surface area contributed by atoms with E-state index in [0.29, 0.717) is 0 Å². The molecule has 1 aromatic carbocycles. The van der Waals surface area contributed by atoms with Gasteiger partial charge in [0.25, 0.3) is 5.91 Å². The third kappa shape index (κ3) is 2.94. The largest absolute Gasteiger partial charge is 0.480 e. The molecule has 0 bridgehead atoms. The predicted molar refractivity (Wildman–Crippen MR) is 62.0 cm³/mol. The molecule has 0 saturated heterocycles. The van der Waals surface area contributed by atoms with Crippen molar-refractivity contribution in [2.45, 2.75) is 6.54 Å². The average molecular weight is 282 g/mol. The highest BCUT2D eigenvalue weighted by Gasteiger charge is 2.16. The molecule has 20 heavy (non-hydrogen) atoms. The molecule has 9 heteroatoms. The fourth-order valence-electron chi connectivity index (χ4n) is 1.41. The standard InChI is InChI=1S/C11H8F2N4O3/c12-6-2-1-3-7(13)10(6)14-11(20)8-4-17(16-15-8)5-9(18)19/h1-4H,5H2,(H,14,20)(H,18,19). The van der Waals surface area contributed by atoms with Gasteiger partial charge in [-0.2, -0.15) is 0 Å². The van der Waals surface area contributed by atoms with Crippen LogP contribution < -0.4 is 5.32 Å². The van der Waals surface area contributed by atoms with Gasteiger partial charge in [-0.15, -0.1) is 5.10 Å². The summed E-state index contributed by atoms with van der Waals surface area (Å²) < 4.78 is 27.6. The molecule has 1 amide bonds. The molecule has 0 aliphatic carbocycles. The molecule has 1 heterocycles. The lowest BCUT2D eigenvalue weighted by Crippen LogP contribution is -2.15. The lowest BCUT2D eigenvalue weighted by Gasteiger charge is -2.05. The first kappa shape index (κ1) is 13.6. The van der Waals surface area contributed by atoms with Crippen LogP contribution in [-0.4, -0.2) is 32.0 Å². The van der Waals surface area contributed by atoms with Crippen molar-refractivity contribution in [1.29, 1.82) is 0 Å². The number of anilines is 1. The summed E-state index contributed by atoms with van der Waals surface area (Å²) in [6.07, 6.45) is 1.06. The second-order valence-corrected chi connectivity index (χ2v) is 3.75. The molecule has 7 nitrogen and oxygen atoms in total. The van der Waals surface area contributed by atoms with Gasteiger partial charge in [-0.3, -0.25) is 9.59 Å². The van der Waals surface area contributed by atoms with Gasteiger partial charge < -0.3 is 10.4 Å². The van der Waals surface area contributed by atoms with Crippen LogP contribution in [0.3, 0.4) is 0 Å². The fourth-order valence-corrected chi connectivity index (χ4v) is 1.41. The third-order valence-corrected chi connectivity index (χ3v) is 2.27. The summed E-state index contributed by atoms with van der Waals surface area (Å²) >= 11 is 0. The van der Waals surface area contributed by atoms with E-state index >= 15 is 0 Å². The maximum Gasteiger partial charge on any atom is 0.325 e. The predicted octanol–water partition coefficient (Wildman–Crippen LogP) is 0.893. The van der Waals surface area contributed by atoms with Gasteiger partial charge in [-0.1, -0.05) is 11.3 Å². The fraction of sp³-hybridized carbons (Fsp3) is 0.0909. The van der Waals surface area contributed by atoms with Crippen LogP contribution in [0.5, 0.6) is 0 Å². The number of nitrogens with zero attached hydrogens (tertiary/aromatic N) is 3. The van der Waals surface area contributed by atoms with E-state index in [4.69, 9.17) is 5.11 Å². The number of hydrogen-bond acceptors (Lipinski definition) is 4. The Labute approximate surface area is 110 Å². The van der Waals surface area contributed by atoms with E-state index in [2.05, 4.69) is 10.3 Å². The molecular weight excluding hydrogens is 274 g/mol. The molecule has 0 aliphatic rings. The van der Waals surface area contributed by atoms with Crippen LogP contribution in [0.2, 0.25) is 0 Å². The summed E-state index contributed by atoms with van der Waals surface area (Å²) in [6.45, 7) is -0.478. The summed E-state index contributed by atoms with van der Waals surface area (Å²) in [5.41, 5.74) is -0.862. The molecule has 2 aromatic rings. The quantitative estimate of drug-likeness (QED) is 0.868. The second-order valence-electron chi connectivity index (χ2n) is 3.75. The minimum absolute atomic E-state index is 0.256. The van der Waals surface area contributed by atoms with E-state index in [9.17, 15) is 18.4 Å². The van der Waals surface area contributed by atoms with Crippen molar-refractivity contribution in [3.63, 3.8) is 0 Å². The van der Waals surface area contributed by atoms with Crippen LogP contribution in [0.15, 0.2) is 24.4 Å². The first-order valence-electron chi connectivity index (χ1n) is 5.34. The highest BCUT2D eigenvalue weighted by atomic mass is 19.1. The number of hydrogen-bond donors (Lipinski definition) is 2. The van der Waals surface area contributed by atoms with Crippen molar-refractivity contribution in [1.82, 2.24) is 15.0 Å². The van der Waals surface area contributed by atoms with Gasteiger partial charge in [-0.25, -0.2) is 13.5 Å². The van der Waals surface area contributed by atoms with Gasteiger partial charge in [0.05, 0.1) is 6.20 Å². The molecule has 0 fully saturated rings. The molecule has 0 radical (unpaired) electrons. The number of para-hydroxylation sites is 1. The normalized spacial score (nSPS) is 10.3. The topological polar surface area (TPSA) is 97.1 Å². The molecule has 1 aromatic heterocycles. The number of nitrogens with one attached hydrogen (secondary N) is 1. The molecule has 0 spiro atoms. The number of carbonyl (C=O) groups is 2. The maximum absolute atomic E-state index is 13.3. The number of aromatic nitrogens is 3. The number of halogens is 2. The van der Waals surface area contributed by atoms with Crippen molar-refractivity contribution in [2.24, 2.45) is 0 Å². The first-order valence-corrected chi connectivity index (χ1v) is 5.34. The van der Waals surface area contributed by atoms with Gasteiger partial charge in [0.1, 0.15) is 23.9 Å². The lowest BCUT2D eigenvalue weighted by molar-refractivity contribution is -0.137. The van der Waals surface area contributed by atoms with Gasteiger partial charge in [0, 0.05) is 0 Å². The average Bonchev–Trinajstić information content (AvgIpc) is 2.81. The molecule has 0 atom stereocenters. The van der Waals surface area contributed by atoms with Crippen LogP contribution >= 0.6 is 0 Å². The zero-order valence-electron chi connectivity index (χ0n) is 9.88. The summed E-state index contributed by atoms with van der Waals surface area (Å²) in [6, 6.07) is 3.13. The number of rotatable bonds is 4. The van der Waals surface area contributed by atoms with Crippen LogP contribution in [0.25, 0.3) is 0 Å². The molecule has 0 saturated carbocycles. The summed E-state index contributed by atoms with van der Waals surface area (Å²) in [5.74, 6) is -3.93. The van der Waals surface area contributed by atoms with Crippen molar-refractivity contribution < 1.29 is 23.5 Å². The van der Waals surface area contributed by atoms with E-state index < -0.39 is 35.7 Å². The first-order chi connectivity index (χ1) is 9.47. The van der Waals surface area contributed by atoms with Gasteiger partial charge in [-0.05, 0) is 12.1 Å². The Hall–Kier alpha value is -2.84. The maximum atomic E-state index is 13.3. The molecule has 0 unspecified atom stereocenters. The Morgan fingerprint density at radius 3 is 2.55 bits per heavy atom. The molecular formula is C11H8F2N4O3. The number of aliphatic carboxylic acids is 1. The molecule has 2 rings (SSSR count). The van der Waals surface area contributed by atoms with E-state index in [0.717, 1.165) is 29.1 Å². The Kier molecular flexibility index (Phi) is 3.69. The lowest BCUT2D eigenvalue weighted by atomic mass is 10.3. The number of carbonyl (C=O) groups excluding carboxylic acids is 1. The van der Waals surface area contributed by atoms with Gasteiger partial charge in [0.2, 0.25) is 0 Å². The van der Waals surface area contributed by atoms with Crippen molar-refractivity contribution in [2.75, 3.05) is 5.32 Å². The SMILES string of the molecule is O=C(O)Cn1cc(C(=O)Nc2c(F)cccc2F)nn1. The van der Waals surface area contributed by atoms with Crippen LogP contribution in [0.4, 0.5) is 14.5 Å². The highest BCUT2D eigenvalue weighted by Crippen LogP contribution is 2.18. The molecule has 0 aliphatic heterocycles. The minimum atomic E-state index is -1.16. The van der Waals surface area contributed by atoms with Gasteiger partial charge in [0.15, 0.2) is 5.69 Å². The number of carboxylic acid groups (broad SMARTS) is 1. The number of benzene rings is 1. The Morgan fingerprint density at radius 2 is 1.95 bits per heavy atom. The molecule has 104 valence electrons. The Balaban J connectivity index is 2.16. The minimum Gasteiger partial charge on any atom is -0.480 e. The Morgan fingerprint density at radius 1 is 1.30 bits per heavy atom. The zero-order chi connectivity index (χ0) is 14.7. The van der Waals surface area contributed by atoms with Gasteiger partial charge >= 0.3 is 5.97 Å². The zero-order valence-corrected chi connectivity index (χ0v) is 9.88. The van der Waals surface area contributed by atoms with E-state index in [1.54, 1.807) is 0 Å². The summed E-state index contributed by atoms with van der Waals surface area (Å²) in [4.78, 5) is 22.1. The van der Waals surface area contributed by atoms with Crippen molar-refractivity contribution >= 4 is 17.6 Å².